The summed E-state index contributed by atoms with van der Waals surface area (Å²) in [5, 5.41) is 14.8. The number of anilines is 1. The third kappa shape index (κ3) is 3.00. The summed E-state index contributed by atoms with van der Waals surface area (Å²) in [7, 11) is 0. The predicted molar refractivity (Wildman–Crippen MR) is 90.7 cm³/mol. The summed E-state index contributed by atoms with van der Waals surface area (Å²) < 4.78 is 0. The molecule has 1 aromatic heterocycles. The van der Waals surface area contributed by atoms with Gasteiger partial charge < -0.3 is 11.1 Å². The van der Waals surface area contributed by atoms with Crippen molar-refractivity contribution >= 4 is 28.2 Å². The van der Waals surface area contributed by atoms with Gasteiger partial charge in [-0.15, -0.1) is 0 Å². The second-order valence-corrected chi connectivity index (χ2v) is 5.20. The number of aromatic nitrogens is 1. The SMILES string of the molecule is NC(=O)c1ccc(CNc2ccc([N+](=O)[O-])c3cccnc23)cc1. The molecule has 0 aliphatic heterocycles. The highest BCUT2D eigenvalue weighted by Crippen LogP contribution is 2.29. The molecule has 0 atom stereocenters. The number of fused-ring (bicyclic) bond motifs is 1. The van der Waals surface area contributed by atoms with Crippen LogP contribution in [0.2, 0.25) is 0 Å². The van der Waals surface area contributed by atoms with E-state index >= 15 is 0 Å². The lowest BCUT2D eigenvalue weighted by molar-refractivity contribution is -0.383. The Balaban J connectivity index is 1.87. The summed E-state index contributed by atoms with van der Waals surface area (Å²) >= 11 is 0. The van der Waals surface area contributed by atoms with Crippen LogP contribution in [-0.2, 0) is 6.54 Å². The fraction of sp³-hybridized carbons (Fsp3) is 0.0588. The number of nitro benzene ring substituents is 1. The van der Waals surface area contributed by atoms with E-state index in [1.54, 1.807) is 48.7 Å². The van der Waals surface area contributed by atoms with Crippen LogP contribution in [0.25, 0.3) is 10.9 Å². The number of pyridine rings is 1. The molecule has 7 nitrogen and oxygen atoms in total. The van der Waals surface area contributed by atoms with Gasteiger partial charge in [0.05, 0.1) is 16.0 Å². The molecule has 3 aromatic rings. The van der Waals surface area contributed by atoms with Crippen LogP contribution in [0.4, 0.5) is 11.4 Å². The van der Waals surface area contributed by atoms with E-state index in [0.29, 0.717) is 28.7 Å². The maximum absolute atomic E-state index is 11.1. The molecule has 0 saturated carbocycles. The maximum Gasteiger partial charge on any atom is 0.278 e. The predicted octanol–water partition coefficient (Wildman–Crippen LogP) is 2.85. The fourth-order valence-electron chi connectivity index (χ4n) is 2.44. The zero-order valence-corrected chi connectivity index (χ0v) is 12.6. The number of amides is 1. The number of primary amides is 1. The second kappa shape index (κ2) is 6.33. The summed E-state index contributed by atoms with van der Waals surface area (Å²) in [5.74, 6) is -0.472. The average molecular weight is 322 g/mol. The second-order valence-electron chi connectivity index (χ2n) is 5.20. The number of nitro groups is 1. The number of carbonyl (C=O) groups excluding carboxylic acids is 1. The molecule has 3 N–H and O–H groups in total. The standard InChI is InChI=1S/C17H14N4O3/c18-17(22)12-5-3-11(4-6-12)10-20-14-7-8-15(21(23)24)13-2-1-9-19-16(13)14/h1-9,20H,10H2,(H2,18,22). The number of nitrogens with one attached hydrogen (secondary N) is 1. The minimum absolute atomic E-state index is 0.0226. The quantitative estimate of drug-likeness (QED) is 0.554. The summed E-state index contributed by atoms with van der Waals surface area (Å²) in [5.41, 5.74) is 7.87. The van der Waals surface area contributed by atoms with Crippen molar-refractivity contribution in [2.24, 2.45) is 5.73 Å². The number of nitrogens with zero attached hydrogens (tertiary/aromatic N) is 2. The molecule has 7 heteroatoms. The maximum atomic E-state index is 11.1. The molecule has 3 rings (SSSR count). The van der Waals surface area contributed by atoms with Crippen molar-refractivity contribution in [1.29, 1.82) is 0 Å². The van der Waals surface area contributed by atoms with Crippen molar-refractivity contribution in [3.05, 3.63) is 76.0 Å². The molecule has 0 radical (unpaired) electrons. The molecule has 0 saturated heterocycles. The number of non-ortho nitro benzene ring substituents is 1. The first-order valence-corrected chi connectivity index (χ1v) is 7.21. The summed E-state index contributed by atoms with van der Waals surface area (Å²) in [6.45, 7) is 0.489. The van der Waals surface area contributed by atoms with Gasteiger partial charge in [-0.05, 0) is 35.9 Å². The first-order valence-electron chi connectivity index (χ1n) is 7.21. The third-order valence-electron chi connectivity index (χ3n) is 3.66. The van der Waals surface area contributed by atoms with Crippen molar-refractivity contribution in [2.75, 3.05) is 5.32 Å². The summed E-state index contributed by atoms with van der Waals surface area (Å²) in [6, 6.07) is 13.4. The lowest BCUT2D eigenvalue weighted by Gasteiger charge is -2.10. The van der Waals surface area contributed by atoms with Crippen molar-refractivity contribution in [1.82, 2.24) is 4.98 Å². The molecule has 0 bridgehead atoms. The van der Waals surface area contributed by atoms with Gasteiger partial charge in [0.2, 0.25) is 5.91 Å². The van der Waals surface area contributed by atoms with Crippen molar-refractivity contribution in [3.63, 3.8) is 0 Å². The minimum atomic E-state index is -0.472. The molecule has 120 valence electrons. The molecule has 2 aromatic carbocycles. The van der Waals surface area contributed by atoms with Gasteiger partial charge in [-0.2, -0.15) is 0 Å². The molecular weight excluding hydrogens is 308 g/mol. The monoisotopic (exact) mass is 322 g/mol. The van der Waals surface area contributed by atoms with Gasteiger partial charge in [0.15, 0.2) is 0 Å². The highest BCUT2D eigenvalue weighted by molar-refractivity contribution is 5.96. The normalized spacial score (nSPS) is 10.5. The third-order valence-corrected chi connectivity index (χ3v) is 3.66. The van der Waals surface area contributed by atoms with Gasteiger partial charge in [0.1, 0.15) is 5.52 Å². The Bertz CT molecular complexity index is 923. The number of hydrogen-bond acceptors (Lipinski definition) is 5. The topological polar surface area (TPSA) is 111 Å². The highest BCUT2D eigenvalue weighted by Gasteiger charge is 2.14. The van der Waals surface area contributed by atoms with Crippen LogP contribution in [0.5, 0.6) is 0 Å². The fourth-order valence-corrected chi connectivity index (χ4v) is 2.44. The molecule has 24 heavy (non-hydrogen) atoms. The Hall–Kier alpha value is -3.48. The molecule has 0 unspecified atom stereocenters. The van der Waals surface area contributed by atoms with Gasteiger partial charge >= 0.3 is 0 Å². The zero-order valence-electron chi connectivity index (χ0n) is 12.6. The van der Waals surface area contributed by atoms with Gasteiger partial charge in [-0.1, -0.05) is 12.1 Å². The highest BCUT2D eigenvalue weighted by atomic mass is 16.6. The molecule has 1 amide bonds. The van der Waals surface area contributed by atoms with Crippen LogP contribution in [0.3, 0.4) is 0 Å². The Labute approximate surface area is 137 Å². The number of nitrogens with two attached hydrogens (primary N) is 1. The van der Waals surface area contributed by atoms with Crippen LogP contribution < -0.4 is 11.1 Å². The van der Waals surface area contributed by atoms with Crippen LogP contribution in [0.1, 0.15) is 15.9 Å². The van der Waals surface area contributed by atoms with Crippen LogP contribution in [-0.4, -0.2) is 15.8 Å². The van der Waals surface area contributed by atoms with Gasteiger partial charge in [-0.3, -0.25) is 19.9 Å². The van der Waals surface area contributed by atoms with E-state index in [1.807, 2.05) is 0 Å². The van der Waals surface area contributed by atoms with Gasteiger partial charge in [0, 0.05) is 24.4 Å². The Morgan fingerprint density at radius 1 is 1.17 bits per heavy atom. The Morgan fingerprint density at radius 3 is 2.58 bits per heavy atom. The first kappa shape index (κ1) is 15.4. The Morgan fingerprint density at radius 2 is 1.92 bits per heavy atom. The largest absolute Gasteiger partial charge is 0.379 e. The van der Waals surface area contributed by atoms with Gasteiger partial charge in [0.25, 0.3) is 5.69 Å². The molecule has 0 aliphatic carbocycles. The molecular formula is C17H14N4O3. The van der Waals surface area contributed by atoms with Crippen molar-refractivity contribution in [3.8, 4) is 0 Å². The number of carbonyl (C=O) groups is 1. The van der Waals surface area contributed by atoms with Crippen molar-refractivity contribution < 1.29 is 9.72 Å². The molecule has 0 spiro atoms. The smallest absolute Gasteiger partial charge is 0.278 e. The lowest BCUT2D eigenvalue weighted by atomic mass is 10.1. The van der Waals surface area contributed by atoms with Crippen molar-refractivity contribution in [2.45, 2.75) is 6.54 Å². The Kier molecular flexibility index (Phi) is 4.07. The number of rotatable bonds is 5. The molecule has 0 aliphatic rings. The number of hydrogen-bond donors (Lipinski definition) is 2. The molecule has 1 heterocycles. The van der Waals surface area contributed by atoms with E-state index in [4.69, 9.17) is 5.73 Å². The van der Waals surface area contributed by atoms with E-state index in [9.17, 15) is 14.9 Å². The average Bonchev–Trinajstić information content (AvgIpc) is 2.59. The van der Waals surface area contributed by atoms with E-state index in [1.165, 1.54) is 6.07 Å². The zero-order chi connectivity index (χ0) is 17.1. The van der Waals surface area contributed by atoms with E-state index in [2.05, 4.69) is 10.3 Å². The van der Waals surface area contributed by atoms with E-state index in [0.717, 1.165) is 5.56 Å². The molecule has 0 fully saturated rings. The first-order chi connectivity index (χ1) is 11.6. The van der Waals surface area contributed by atoms with E-state index < -0.39 is 10.8 Å². The summed E-state index contributed by atoms with van der Waals surface area (Å²) in [4.78, 5) is 26.0. The van der Waals surface area contributed by atoms with Gasteiger partial charge in [-0.25, -0.2) is 0 Å². The van der Waals surface area contributed by atoms with E-state index in [-0.39, 0.29) is 5.69 Å². The lowest BCUT2D eigenvalue weighted by Crippen LogP contribution is -2.10. The number of benzene rings is 2. The van der Waals surface area contributed by atoms with Crippen LogP contribution in [0.15, 0.2) is 54.7 Å². The minimum Gasteiger partial charge on any atom is -0.379 e. The van der Waals surface area contributed by atoms with Crippen LogP contribution in [0, 0.1) is 10.1 Å². The van der Waals surface area contributed by atoms with Crippen LogP contribution >= 0.6 is 0 Å². The summed E-state index contributed by atoms with van der Waals surface area (Å²) in [6.07, 6.45) is 1.60.